The lowest BCUT2D eigenvalue weighted by Gasteiger charge is -2.44. The Bertz CT molecular complexity index is 755. The van der Waals surface area contributed by atoms with E-state index in [2.05, 4.69) is 16.0 Å². The van der Waals surface area contributed by atoms with Crippen LogP contribution in [0.5, 0.6) is 0 Å². The van der Waals surface area contributed by atoms with Crippen molar-refractivity contribution in [3.05, 3.63) is 0 Å². The minimum Gasteiger partial charge on any atom is -0.463 e. The Hall–Kier alpha value is -2.44. The zero-order valence-electron chi connectivity index (χ0n) is 23.9. The fourth-order valence-corrected chi connectivity index (χ4v) is 3.82. The summed E-state index contributed by atoms with van der Waals surface area (Å²) in [5.74, 6) is -0.643. The second-order valence-corrected chi connectivity index (χ2v) is 10.5. The molecule has 12 nitrogen and oxygen atoms in total. The summed E-state index contributed by atoms with van der Waals surface area (Å²) in [4.78, 5) is 46.5. The van der Waals surface area contributed by atoms with Crippen molar-refractivity contribution in [2.24, 2.45) is 11.8 Å². The SMILES string of the molecule is CC(=O)NC1C(OCCOCCC(=O)NCCCCNC(=O)OC(C)(C)C)OC(COC(C)=O)C(C)C1C. The van der Waals surface area contributed by atoms with Crippen LogP contribution >= 0.6 is 0 Å². The fraction of sp³-hybridized carbons (Fsp3) is 0.846. The number of amides is 3. The van der Waals surface area contributed by atoms with Crippen LogP contribution in [0.15, 0.2) is 0 Å². The summed E-state index contributed by atoms with van der Waals surface area (Å²) in [5, 5.41) is 8.39. The van der Waals surface area contributed by atoms with E-state index in [1.54, 1.807) is 20.8 Å². The normalized spacial score (nSPS) is 23.3. The number of hydrogen-bond donors (Lipinski definition) is 3. The minimum atomic E-state index is -0.720. The summed E-state index contributed by atoms with van der Waals surface area (Å²) < 4.78 is 27.7. The summed E-state index contributed by atoms with van der Waals surface area (Å²) in [7, 11) is 0. The Kier molecular flexibility index (Phi) is 15.2. The molecule has 220 valence electrons. The lowest BCUT2D eigenvalue weighted by Crippen LogP contribution is -2.58. The van der Waals surface area contributed by atoms with Crippen molar-refractivity contribution in [2.75, 3.05) is 39.5 Å². The Morgan fingerprint density at radius 2 is 1.55 bits per heavy atom. The van der Waals surface area contributed by atoms with E-state index in [1.807, 2.05) is 13.8 Å². The highest BCUT2D eigenvalue weighted by Gasteiger charge is 2.42. The van der Waals surface area contributed by atoms with Crippen LogP contribution in [0.1, 0.15) is 67.7 Å². The van der Waals surface area contributed by atoms with Gasteiger partial charge in [0.1, 0.15) is 12.2 Å². The second-order valence-electron chi connectivity index (χ2n) is 10.5. The highest BCUT2D eigenvalue weighted by molar-refractivity contribution is 5.75. The molecule has 0 aromatic heterocycles. The third kappa shape index (κ3) is 14.5. The molecule has 0 aromatic carbocycles. The second kappa shape index (κ2) is 17.2. The molecule has 1 fully saturated rings. The predicted octanol–water partition coefficient (Wildman–Crippen LogP) is 1.90. The molecule has 12 heteroatoms. The summed E-state index contributed by atoms with van der Waals surface area (Å²) in [6.45, 7) is 14.0. The molecule has 3 amide bonds. The van der Waals surface area contributed by atoms with E-state index in [1.165, 1.54) is 13.8 Å². The Labute approximate surface area is 226 Å². The number of ether oxygens (including phenoxy) is 5. The molecular weight excluding hydrogens is 498 g/mol. The first-order valence-electron chi connectivity index (χ1n) is 13.3. The van der Waals surface area contributed by atoms with Crippen LogP contribution in [0.4, 0.5) is 4.79 Å². The van der Waals surface area contributed by atoms with E-state index < -0.39 is 18.0 Å². The van der Waals surface area contributed by atoms with Crippen molar-refractivity contribution in [1.29, 1.82) is 0 Å². The quantitative estimate of drug-likeness (QED) is 0.207. The molecule has 1 heterocycles. The molecule has 0 bridgehead atoms. The van der Waals surface area contributed by atoms with Gasteiger partial charge in [-0.05, 0) is 45.4 Å². The molecule has 38 heavy (non-hydrogen) atoms. The molecule has 0 spiro atoms. The van der Waals surface area contributed by atoms with E-state index in [-0.39, 0.29) is 74.6 Å². The summed E-state index contributed by atoms with van der Waals surface area (Å²) in [6.07, 6.45) is 0.125. The first kappa shape index (κ1) is 33.6. The molecule has 0 aliphatic carbocycles. The summed E-state index contributed by atoms with van der Waals surface area (Å²) in [5.41, 5.74) is -0.530. The van der Waals surface area contributed by atoms with Crippen molar-refractivity contribution in [3.63, 3.8) is 0 Å². The molecule has 1 aliphatic heterocycles. The van der Waals surface area contributed by atoms with Gasteiger partial charge in [-0.3, -0.25) is 14.4 Å². The molecule has 1 rings (SSSR count). The molecule has 0 radical (unpaired) electrons. The highest BCUT2D eigenvalue weighted by Crippen LogP contribution is 2.31. The molecule has 5 atom stereocenters. The number of esters is 1. The van der Waals surface area contributed by atoms with Gasteiger partial charge < -0.3 is 39.6 Å². The maximum atomic E-state index is 12.0. The van der Waals surface area contributed by atoms with Crippen LogP contribution in [0, 0.1) is 11.8 Å². The zero-order valence-corrected chi connectivity index (χ0v) is 23.9. The Balaban J connectivity index is 2.24. The minimum absolute atomic E-state index is 0.0240. The van der Waals surface area contributed by atoms with Gasteiger partial charge in [0.05, 0.1) is 32.0 Å². The van der Waals surface area contributed by atoms with Gasteiger partial charge >= 0.3 is 12.1 Å². The number of unbranched alkanes of at least 4 members (excludes halogenated alkanes) is 1. The summed E-state index contributed by atoms with van der Waals surface area (Å²) in [6, 6.07) is -0.360. The molecule has 1 saturated heterocycles. The molecule has 5 unspecified atom stereocenters. The first-order chi connectivity index (χ1) is 17.8. The van der Waals surface area contributed by atoms with E-state index in [0.29, 0.717) is 13.1 Å². The van der Waals surface area contributed by atoms with E-state index in [9.17, 15) is 19.2 Å². The topological polar surface area (TPSA) is 151 Å². The Morgan fingerprint density at radius 1 is 0.895 bits per heavy atom. The van der Waals surface area contributed by atoms with Crippen LogP contribution < -0.4 is 16.0 Å². The molecule has 1 aliphatic rings. The van der Waals surface area contributed by atoms with Gasteiger partial charge in [-0.25, -0.2) is 4.79 Å². The first-order valence-corrected chi connectivity index (χ1v) is 13.3. The summed E-state index contributed by atoms with van der Waals surface area (Å²) >= 11 is 0. The van der Waals surface area contributed by atoms with Gasteiger partial charge in [0, 0.05) is 33.4 Å². The number of nitrogens with one attached hydrogen (secondary N) is 3. The van der Waals surface area contributed by atoms with Crippen LogP contribution in [-0.4, -0.2) is 87.4 Å². The van der Waals surface area contributed by atoms with Crippen molar-refractivity contribution in [1.82, 2.24) is 16.0 Å². The van der Waals surface area contributed by atoms with E-state index in [0.717, 1.165) is 12.8 Å². The maximum absolute atomic E-state index is 12.0. The van der Waals surface area contributed by atoms with Crippen molar-refractivity contribution in [3.8, 4) is 0 Å². The van der Waals surface area contributed by atoms with Gasteiger partial charge in [-0.2, -0.15) is 0 Å². The average molecular weight is 546 g/mol. The van der Waals surface area contributed by atoms with Crippen LogP contribution in [0.3, 0.4) is 0 Å². The van der Waals surface area contributed by atoms with Gasteiger partial charge in [-0.1, -0.05) is 13.8 Å². The van der Waals surface area contributed by atoms with Gasteiger partial charge in [0.15, 0.2) is 6.29 Å². The Morgan fingerprint density at radius 3 is 2.16 bits per heavy atom. The monoisotopic (exact) mass is 545 g/mol. The number of carbonyl (C=O) groups excluding carboxylic acids is 4. The number of alkyl carbamates (subject to hydrolysis) is 1. The van der Waals surface area contributed by atoms with E-state index >= 15 is 0 Å². The van der Waals surface area contributed by atoms with Crippen LogP contribution in [0.25, 0.3) is 0 Å². The van der Waals surface area contributed by atoms with Crippen molar-refractivity contribution < 1.29 is 42.9 Å². The van der Waals surface area contributed by atoms with Gasteiger partial charge in [0.25, 0.3) is 0 Å². The third-order valence-electron chi connectivity index (χ3n) is 5.98. The molecular formula is C26H47N3O9. The largest absolute Gasteiger partial charge is 0.463 e. The molecule has 3 N–H and O–H groups in total. The zero-order chi connectivity index (χ0) is 28.7. The lowest BCUT2D eigenvalue weighted by atomic mass is 9.82. The van der Waals surface area contributed by atoms with Crippen molar-refractivity contribution >= 4 is 23.9 Å². The molecule has 0 saturated carbocycles. The van der Waals surface area contributed by atoms with E-state index in [4.69, 9.17) is 23.7 Å². The van der Waals surface area contributed by atoms with Gasteiger partial charge in [-0.15, -0.1) is 0 Å². The fourth-order valence-electron chi connectivity index (χ4n) is 3.82. The third-order valence-corrected chi connectivity index (χ3v) is 5.98. The van der Waals surface area contributed by atoms with Crippen molar-refractivity contribution in [2.45, 2.75) is 91.8 Å². The number of hydrogen-bond acceptors (Lipinski definition) is 9. The number of carbonyl (C=O) groups is 4. The van der Waals surface area contributed by atoms with Crippen LogP contribution in [0.2, 0.25) is 0 Å². The molecule has 0 aromatic rings. The average Bonchev–Trinajstić information content (AvgIpc) is 2.80. The number of rotatable bonds is 15. The van der Waals surface area contributed by atoms with Crippen LogP contribution in [-0.2, 0) is 38.1 Å². The highest BCUT2D eigenvalue weighted by atomic mass is 16.7. The maximum Gasteiger partial charge on any atom is 0.407 e. The van der Waals surface area contributed by atoms with Gasteiger partial charge in [0.2, 0.25) is 11.8 Å². The standard InChI is InChI=1S/C26H47N3O9/c1-17-18(2)23(29-19(3)30)24(37-21(17)16-36-20(4)31)35-15-14-34-13-10-22(32)27-11-8-9-12-28-25(33)38-26(5,6)7/h17-18,21,23-24H,8-16H2,1-7H3,(H,27,32)(H,28,33)(H,29,30). The smallest absolute Gasteiger partial charge is 0.407 e. The predicted molar refractivity (Wildman–Crippen MR) is 139 cm³/mol. The lowest BCUT2D eigenvalue weighted by molar-refractivity contribution is -0.246.